The Morgan fingerprint density at radius 3 is 2.33 bits per heavy atom. The summed E-state index contributed by atoms with van der Waals surface area (Å²) in [6.45, 7) is 2.55. The first kappa shape index (κ1) is 14.0. The number of nitro groups is 2. The summed E-state index contributed by atoms with van der Waals surface area (Å²) in [6.07, 6.45) is 0. The maximum absolute atomic E-state index is 10.6. The van der Waals surface area contributed by atoms with Crippen molar-refractivity contribution >= 4 is 23.0 Å². The number of rotatable bonds is 4. The third kappa shape index (κ3) is 3.20. The van der Waals surface area contributed by atoms with E-state index in [9.17, 15) is 20.2 Å². The quantitative estimate of drug-likeness (QED) is 0.475. The molecule has 0 atom stereocenters. The van der Waals surface area contributed by atoms with E-state index in [1.165, 1.54) is 26.0 Å². The van der Waals surface area contributed by atoms with Gasteiger partial charge >= 0.3 is 5.66 Å². The fraction of sp³-hybridized carbons (Fsp3) is 0.333. The molecule has 0 N–H and O–H groups in total. The molecule has 1 aromatic rings. The summed E-state index contributed by atoms with van der Waals surface area (Å²) in [7, 11) is 0. The van der Waals surface area contributed by atoms with Gasteiger partial charge in [0.05, 0.1) is 14.9 Å². The van der Waals surface area contributed by atoms with Crippen molar-refractivity contribution in [2.45, 2.75) is 19.5 Å². The Hall–Kier alpha value is -2.09. The molecular formula is C9H9ClN4O4. The molecule has 0 fully saturated rings. The van der Waals surface area contributed by atoms with Crippen LogP contribution in [0.25, 0.3) is 0 Å². The van der Waals surface area contributed by atoms with E-state index in [4.69, 9.17) is 11.6 Å². The van der Waals surface area contributed by atoms with Gasteiger partial charge in [0, 0.05) is 26.0 Å². The largest absolute Gasteiger partial charge is 0.324 e. The predicted octanol–water partition coefficient (Wildman–Crippen LogP) is 3.34. The van der Waals surface area contributed by atoms with Crippen LogP contribution in [0.15, 0.2) is 28.4 Å². The van der Waals surface area contributed by atoms with Gasteiger partial charge in [-0.1, -0.05) is 11.6 Å². The SMILES string of the molecule is CC(C)(N=Nc1ccc([N+](=O)[O-])cc1Cl)[N+](=O)[O-]. The lowest BCUT2D eigenvalue weighted by atomic mass is 10.3. The van der Waals surface area contributed by atoms with E-state index < -0.39 is 15.5 Å². The number of benzene rings is 1. The second kappa shape index (κ2) is 5.05. The Balaban J connectivity index is 3.03. The molecule has 0 heterocycles. The second-order valence-corrected chi connectivity index (χ2v) is 4.25. The standard InChI is InChI=1S/C9H9ClN4O4/c1-9(2,14(17)18)12-11-8-4-3-6(13(15)16)5-7(8)10/h3-5H,1-2H3. The summed E-state index contributed by atoms with van der Waals surface area (Å²) in [5.74, 6) is 0. The van der Waals surface area contributed by atoms with Crippen molar-refractivity contribution in [3.8, 4) is 0 Å². The molecule has 0 aromatic heterocycles. The van der Waals surface area contributed by atoms with Gasteiger partial charge in [-0.15, -0.1) is 10.2 Å². The molecule has 0 aliphatic rings. The molecule has 18 heavy (non-hydrogen) atoms. The highest BCUT2D eigenvalue weighted by molar-refractivity contribution is 6.33. The summed E-state index contributed by atoms with van der Waals surface area (Å²) in [4.78, 5) is 19.9. The van der Waals surface area contributed by atoms with Crippen molar-refractivity contribution in [2.24, 2.45) is 10.2 Å². The van der Waals surface area contributed by atoms with E-state index in [0.717, 1.165) is 6.07 Å². The molecule has 1 rings (SSSR count). The molecule has 0 spiro atoms. The molecular weight excluding hydrogens is 264 g/mol. The fourth-order valence-electron chi connectivity index (χ4n) is 0.903. The van der Waals surface area contributed by atoms with Crippen LogP contribution in [0.4, 0.5) is 11.4 Å². The topological polar surface area (TPSA) is 111 Å². The summed E-state index contributed by atoms with van der Waals surface area (Å²) in [6, 6.07) is 3.58. The molecule has 0 saturated heterocycles. The number of hydrogen-bond acceptors (Lipinski definition) is 6. The maximum Gasteiger partial charge on any atom is 0.324 e. The fourth-order valence-corrected chi connectivity index (χ4v) is 1.12. The van der Waals surface area contributed by atoms with Crippen molar-refractivity contribution in [1.29, 1.82) is 0 Å². The highest BCUT2D eigenvalue weighted by Gasteiger charge is 2.30. The van der Waals surface area contributed by atoms with E-state index in [-0.39, 0.29) is 16.4 Å². The summed E-state index contributed by atoms with van der Waals surface area (Å²) >= 11 is 5.75. The van der Waals surface area contributed by atoms with Crippen molar-refractivity contribution in [3.63, 3.8) is 0 Å². The van der Waals surface area contributed by atoms with Crippen LogP contribution >= 0.6 is 11.6 Å². The Kier molecular flexibility index (Phi) is 3.92. The Bertz CT molecular complexity index is 529. The Labute approximate surface area is 107 Å². The number of hydrogen-bond donors (Lipinski definition) is 0. The first-order chi connectivity index (χ1) is 8.24. The zero-order valence-corrected chi connectivity index (χ0v) is 10.3. The lowest BCUT2D eigenvalue weighted by molar-refractivity contribution is -0.559. The molecule has 1 aromatic carbocycles. The minimum Gasteiger partial charge on any atom is -0.262 e. The van der Waals surface area contributed by atoms with Gasteiger partial charge in [-0.2, -0.15) is 0 Å². The van der Waals surface area contributed by atoms with Gasteiger partial charge in [-0.25, -0.2) is 0 Å². The lowest BCUT2D eigenvalue weighted by Crippen LogP contribution is -2.27. The smallest absolute Gasteiger partial charge is 0.262 e. The molecule has 9 heteroatoms. The minimum atomic E-state index is -1.58. The molecule has 0 aliphatic carbocycles. The highest BCUT2D eigenvalue weighted by Crippen LogP contribution is 2.30. The van der Waals surface area contributed by atoms with Crippen molar-refractivity contribution in [2.75, 3.05) is 0 Å². The number of non-ortho nitro benzene ring substituents is 1. The van der Waals surface area contributed by atoms with Crippen molar-refractivity contribution in [1.82, 2.24) is 0 Å². The molecule has 0 bridgehead atoms. The van der Waals surface area contributed by atoms with Crippen LogP contribution in [0.1, 0.15) is 13.8 Å². The van der Waals surface area contributed by atoms with Crippen LogP contribution in [0, 0.1) is 20.2 Å². The van der Waals surface area contributed by atoms with Crippen molar-refractivity contribution < 1.29 is 9.85 Å². The maximum atomic E-state index is 10.6. The zero-order valence-electron chi connectivity index (χ0n) is 9.53. The molecule has 0 saturated carbocycles. The van der Waals surface area contributed by atoms with Crippen molar-refractivity contribution in [3.05, 3.63) is 43.5 Å². The monoisotopic (exact) mass is 272 g/mol. The third-order valence-corrected chi connectivity index (χ3v) is 2.29. The zero-order chi connectivity index (χ0) is 13.9. The third-order valence-electron chi connectivity index (χ3n) is 1.99. The van der Waals surface area contributed by atoms with Crippen LogP contribution in [0.5, 0.6) is 0 Å². The van der Waals surface area contributed by atoms with E-state index >= 15 is 0 Å². The van der Waals surface area contributed by atoms with E-state index in [1.807, 2.05) is 0 Å². The second-order valence-electron chi connectivity index (χ2n) is 3.84. The van der Waals surface area contributed by atoms with Gasteiger partial charge in [0.15, 0.2) is 0 Å². The Morgan fingerprint density at radius 1 is 1.28 bits per heavy atom. The highest BCUT2D eigenvalue weighted by atomic mass is 35.5. The van der Waals surface area contributed by atoms with Crippen LogP contribution in [-0.4, -0.2) is 15.5 Å². The lowest BCUT2D eigenvalue weighted by Gasteiger charge is -2.07. The van der Waals surface area contributed by atoms with Gasteiger partial charge in [0.2, 0.25) is 0 Å². The summed E-state index contributed by atoms with van der Waals surface area (Å²) in [5.41, 5.74) is -1.63. The van der Waals surface area contributed by atoms with Gasteiger partial charge in [-0.3, -0.25) is 20.2 Å². The molecule has 0 unspecified atom stereocenters. The molecule has 8 nitrogen and oxygen atoms in total. The van der Waals surface area contributed by atoms with Crippen LogP contribution < -0.4 is 0 Å². The summed E-state index contributed by atoms with van der Waals surface area (Å²) < 4.78 is 0. The number of nitro benzene ring substituents is 1. The Morgan fingerprint density at radius 2 is 1.89 bits per heavy atom. The summed E-state index contributed by atoms with van der Waals surface area (Å²) in [5, 5.41) is 28.2. The normalized spacial score (nSPS) is 11.7. The van der Waals surface area contributed by atoms with Gasteiger partial charge < -0.3 is 0 Å². The molecule has 96 valence electrons. The average Bonchev–Trinajstić information content (AvgIpc) is 2.26. The van der Waals surface area contributed by atoms with Gasteiger partial charge in [0.1, 0.15) is 5.69 Å². The van der Waals surface area contributed by atoms with Crippen LogP contribution in [-0.2, 0) is 0 Å². The first-order valence-corrected chi connectivity index (χ1v) is 5.13. The first-order valence-electron chi connectivity index (χ1n) is 4.75. The van der Waals surface area contributed by atoms with E-state index in [0.29, 0.717) is 0 Å². The average molecular weight is 273 g/mol. The number of halogens is 1. The van der Waals surface area contributed by atoms with Crippen LogP contribution in [0.3, 0.4) is 0 Å². The number of nitrogens with zero attached hydrogens (tertiary/aromatic N) is 4. The van der Waals surface area contributed by atoms with E-state index in [2.05, 4.69) is 10.2 Å². The predicted molar refractivity (Wildman–Crippen MR) is 63.7 cm³/mol. The molecule has 0 radical (unpaired) electrons. The molecule has 0 aliphatic heterocycles. The minimum absolute atomic E-state index is 0.00657. The van der Waals surface area contributed by atoms with Gasteiger partial charge in [0.25, 0.3) is 5.69 Å². The van der Waals surface area contributed by atoms with Gasteiger partial charge in [-0.05, 0) is 6.07 Å². The molecule has 0 amide bonds. The van der Waals surface area contributed by atoms with Crippen LogP contribution in [0.2, 0.25) is 5.02 Å². The van der Waals surface area contributed by atoms with E-state index in [1.54, 1.807) is 0 Å². The number of azo groups is 1.